The van der Waals surface area contributed by atoms with Crippen molar-refractivity contribution in [2.45, 2.75) is 13.3 Å². The minimum absolute atomic E-state index is 0. The third kappa shape index (κ3) is 4.47. The van der Waals surface area contributed by atoms with Crippen molar-refractivity contribution in [3.8, 4) is 0 Å². The lowest BCUT2D eigenvalue weighted by atomic mass is 9.90. The van der Waals surface area contributed by atoms with Crippen LogP contribution in [0.25, 0.3) is 0 Å². The maximum atomic E-state index is 12.7. The lowest BCUT2D eigenvalue weighted by molar-refractivity contribution is 0.0777. The Morgan fingerprint density at radius 3 is 2.64 bits per heavy atom. The number of pyridine rings is 1. The summed E-state index contributed by atoms with van der Waals surface area (Å²) in [5, 5.41) is 0. The molecular formula is C14H23BrCl2N4O. The van der Waals surface area contributed by atoms with Gasteiger partial charge < -0.3 is 15.5 Å². The van der Waals surface area contributed by atoms with E-state index in [0.29, 0.717) is 24.5 Å². The van der Waals surface area contributed by atoms with Crippen molar-refractivity contribution in [2.24, 2.45) is 11.1 Å². The first-order chi connectivity index (χ1) is 9.36. The summed E-state index contributed by atoms with van der Waals surface area (Å²) in [5.74, 6) is 0.722. The van der Waals surface area contributed by atoms with Gasteiger partial charge in [-0.1, -0.05) is 6.92 Å². The van der Waals surface area contributed by atoms with Gasteiger partial charge in [-0.05, 0) is 40.4 Å². The van der Waals surface area contributed by atoms with Crippen LogP contribution in [0.5, 0.6) is 0 Å². The molecule has 126 valence electrons. The first kappa shape index (κ1) is 21.4. The highest BCUT2D eigenvalue weighted by molar-refractivity contribution is 9.10. The van der Waals surface area contributed by atoms with Crippen LogP contribution in [0.15, 0.2) is 16.7 Å². The van der Waals surface area contributed by atoms with Gasteiger partial charge in [0.25, 0.3) is 5.91 Å². The van der Waals surface area contributed by atoms with Gasteiger partial charge in [0, 0.05) is 37.9 Å². The van der Waals surface area contributed by atoms with Crippen molar-refractivity contribution < 1.29 is 4.79 Å². The lowest BCUT2D eigenvalue weighted by Gasteiger charge is -2.24. The number of anilines is 1. The SMILES string of the molecule is CN(C)c1ncc(Br)cc1C(=O)N1CCC(C)(CN)C1.Cl.Cl. The Morgan fingerprint density at radius 2 is 2.14 bits per heavy atom. The largest absolute Gasteiger partial charge is 0.362 e. The standard InChI is InChI=1S/C14H21BrN4O.2ClH/c1-14(8-16)4-5-19(9-14)13(20)11-6-10(15)7-17-12(11)18(2)3;;/h6-7H,4-5,8-9,16H2,1-3H3;2*1H. The zero-order valence-electron chi connectivity index (χ0n) is 13.0. The summed E-state index contributed by atoms with van der Waals surface area (Å²) in [7, 11) is 3.78. The molecule has 1 amide bonds. The van der Waals surface area contributed by atoms with Crippen molar-refractivity contribution in [1.82, 2.24) is 9.88 Å². The topological polar surface area (TPSA) is 62.5 Å². The van der Waals surface area contributed by atoms with E-state index < -0.39 is 0 Å². The Bertz CT molecular complexity index is 530. The van der Waals surface area contributed by atoms with E-state index in [0.717, 1.165) is 17.4 Å². The summed E-state index contributed by atoms with van der Waals surface area (Å²) in [6.45, 7) is 4.20. The van der Waals surface area contributed by atoms with Gasteiger partial charge in [-0.3, -0.25) is 4.79 Å². The summed E-state index contributed by atoms with van der Waals surface area (Å²) in [6, 6.07) is 1.84. The van der Waals surface area contributed by atoms with Crippen LogP contribution in [0.4, 0.5) is 5.82 Å². The molecule has 1 aliphatic rings. The monoisotopic (exact) mass is 412 g/mol. The van der Waals surface area contributed by atoms with Gasteiger partial charge in [-0.2, -0.15) is 0 Å². The van der Waals surface area contributed by atoms with E-state index in [9.17, 15) is 4.79 Å². The number of halogens is 3. The molecule has 0 aliphatic carbocycles. The number of nitrogens with two attached hydrogens (primary N) is 1. The molecule has 1 saturated heterocycles. The molecule has 2 heterocycles. The molecule has 5 nitrogen and oxygen atoms in total. The zero-order valence-corrected chi connectivity index (χ0v) is 16.2. The van der Waals surface area contributed by atoms with Gasteiger partial charge in [-0.15, -0.1) is 24.8 Å². The third-order valence-electron chi connectivity index (χ3n) is 3.83. The van der Waals surface area contributed by atoms with E-state index in [1.54, 1.807) is 6.20 Å². The van der Waals surface area contributed by atoms with E-state index in [1.165, 1.54) is 0 Å². The molecule has 0 radical (unpaired) electrons. The van der Waals surface area contributed by atoms with Crippen LogP contribution in [0.3, 0.4) is 0 Å². The second kappa shape index (κ2) is 8.34. The fourth-order valence-electron chi connectivity index (χ4n) is 2.48. The number of likely N-dealkylation sites (tertiary alicyclic amines) is 1. The van der Waals surface area contributed by atoms with Crippen LogP contribution >= 0.6 is 40.7 Å². The Hall–Kier alpha value is -0.560. The van der Waals surface area contributed by atoms with Crippen molar-refractivity contribution >= 4 is 52.5 Å². The maximum absolute atomic E-state index is 12.7. The maximum Gasteiger partial charge on any atom is 0.257 e. The molecule has 8 heteroatoms. The molecule has 0 aromatic carbocycles. The van der Waals surface area contributed by atoms with E-state index in [2.05, 4.69) is 27.8 Å². The van der Waals surface area contributed by atoms with Gasteiger partial charge in [-0.25, -0.2) is 4.98 Å². The van der Waals surface area contributed by atoms with Gasteiger partial charge in [0.1, 0.15) is 5.82 Å². The average molecular weight is 414 g/mol. The first-order valence-electron chi connectivity index (χ1n) is 6.68. The molecule has 1 fully saturated rings. The van der Waals surface area contributed by atoms with Crippen molar-refractivity contribution in [3.05, 3.63) is 22.3 Å². The molecular weight excluding hydrogens is 391 g/mol. The average Bonchev–Trinajstić information content (AvgIpc) is 2.81. The minimum atomic E-state index is 0. The summed E-state index contributed by atoms with van der Waals surface area (Å²) >= 11 is 3.39. The fraction of sp³-hybridized carbons (Fsp3) is 0.571. The molecule has 1 aromatic heterocycles. The normalized spacial score (nSPS) is 20.1. The zero-order chi connectivity index (χ0) is 14.9. The third-order valence-corrected chi connectivity index (χ3v) is 4.26. The van der Waals surface area contributed by atoms with Gasteiger partial charge in [0.05, 0.1) is 5.56 Å². The smallest absolute Gasteiger partial charge is 0.257 e. The Balaban J connectivity index is 0.00000220. The van der Waals surface area contributed by atoms with Crippen molar-refractivity contribution in [2.75, 3.05) is 38.6 Å². The molecule has 0 bridgehead atoms. The van der Waals surface area contributed by atoms with Crippen molar-refractivity contribution in [1.29, 1.82) is 0 Å². The Labute approximate surface area is 152 Å². The first-order valence-corrected chi connectivity index (χ1v) is 7.48. The van der Waals surface area contributed by atoms with Gasteiger partial charge >= 0.3 is 0 Å². The molecule has 1 atom stereocenters. The van der Waals surface area contributed by atoms with Gasteiger partial charge in [0.2, 0.25) is 0 Å². The van der Waals surface area contributed by atoms with E-state index >= 15 is 0 Å². The predicted octanol–water partition coefficient (Wildman–Crippen LogP) is 2.56. The van der Waals surface area contributed by atoms with E-state index in [1.807, 2.05) is 30.0 Å². The number of aromatic nitrogens is 1. The fourth-order valence-corrected chi connectivity index (χ4v) is 2.81. The second-order valence-electron chi connectivity index (χ2n) is 5.91. The van der Waals surface area contributed by atoms with E-state index in [-0.39, 0.29) is 36.1 Å². The summed E-state index contributed by atoms with van der Waals surface area (Å²) < 4.78 is 0.812. The Kier molecular flexibility index (Phi) is 8.12. The molecule has 22 heavy (non-hydrogen) atoms. The molecule has 1 aromatic rings. The van der Waals surface area contributed by atoms with Crippen LogP contribution in [-0.2, 0) is 0 Å². The van der Waals surface area contributed by atoms with Crippen LogP contribution in [-0.4, -0.2) is 49.5 Å². The molecule has 0 saturated carbocycles. The van der Waals surface area contributed by atoms with Gasteiger partial charge in [0.15, 0.2) is 0 Å². The number of rotatable bonds is 3. The molecule has 1 unspecified atom stereocenters. The summed E-state index contributed by atoms with van der Waals surface area (Å²) in [4.78, 5) is 20.8. The number of amides is 1. The highest BCUT2D eigenvalue weighted by Crippen LogP contribution is 2.31. The lowest BCUT2D eigenvalue weighted by Crippen LogP contribution is -2.35. The highest BCUT2D eigenvalue weighted by atomic mass is 79.9. The van der Waals surface area contributed by atoms with Crippen molar-refractivity contribution in [3.63, 3.8) is 0 Å². The summed E-state index contributed by atoms with van der Waals surface area (Å²) in [6.07, 6.45) is 2.66. The molecule has 1 aliphatic heterocycles. The number of carbonyl (C=O) groups excluding carboxylic acids is 1. The summed E-state index contributed by atoms with van der Waals surface area (Å²) in [5.41, 5.74) is 6.47. The number of hydrogen-bond donors (Lipinski definition) is 1. The molecule has 2 rings (SSSR count). The number of nitrogens with zero attached hydrogens (tertiary/aromatic N) is 3. The van der Waals surface area contributed by atoms with Crippen LogP contribution < -0.4 is 10.6 Å². The predicted molar refractivity (Wildman–Crippen MR) is 98.4 cm³/mol. The number of carbonyl (C=O) groups is 1. The van der Waals surface area contributed by atoms with E-state index in [4.69, 9.17) is 5.73 Å². The molecule has 2 N–H and O–H groups in total. The second-order valence-corrected chi connectivity index (χ2v) is 6.83. The highest BCUT2D eigenvalue weighted by Gasteiger charge is 2.36. The molecule has 0 spiro atoms. The quantitative estimate of drug-likeness (QED) is 0.826. The van der Waals surface area contributed by atoms with Crippen LogP contribution in [0, 0.1) is 5.41 Å². The van der Waals surface area contributed by atoms with Crippen LogP contribution in [0.2, 0.25) is 0 Å². The van der Waals surface area contributed by atoms with Crippen LogP contribution in [0.1, 0.15) is 23.7 Å². The minimum Gasteiger partial charge on any atom is -0.362 e. The Morgan fingerprint density at radius 1 is 1.50 bits per heavy atom. The number of hydrogen-bond acceptors (Lipinski definition) is 4.